The van der Waals surface area contributed by atoms with Gasteiger partial charge in [-0.05, 0) is 0 Å². The molecule has 2 amide bonds. The van der Waals surface area contributed by atoms with E-state index >= 15 is 0 Å². The van der Waals surface area contributed by atoms with Gasteiger partial charge in [-0.2, -0.15) is 0 Å². The molecule has 106 valence electrons. The monoisotopic (exact) mass is 292 g/mol. The van der Waals surface area contributed by atoms with E-state index in [9.17, 15) is 9.59 Å². The van der Waals surface area contributed by atoms with Crippen molar-refractivity contribution in [3.8, 4) is 0 Å². The summed E-state index contributed by atoms with van der Waals surface area (Å²) >= 11 is 0. The van der Waals surface area contributed by atoms with E-state index in [1.54, 1.807) is 0 Å². The third kappa shape index (κ3) is 1.71. The zero-order chi connectivity index (χ0) is 15.1. The van der Waals surface area contributed by atoms with Crippen LogP contribution in [0.4, 0.5) is 0 Å². The van der Waals surface area contributed by atoms with Crippen molar-refractivity contribution in [1.82, 2.24) is 30.6 Å². The van der Waals surface area contributed by atoms with E-state index in [1.165, 1.54) is 37.2 Å². The van der Waals surface area contributed by atoms with Gasteiger partial charge in [-0.15, -0.1) is 0 Å². The van der Waals surface area contributed by atoms with Crippen LogP contribution in [0.15, 0.2) is 48.3 Å². The van der Waals surface area contributed by atoms with Gasteiger partial charge in [-0.1, -0.05) is 0 Å². The van der Waals surface area contributed by atoms with Crippen LogP contribution in [0.2, 0.25) is 0 Å². The van der Waals surface area contributed by atoms with Crippen molar-refractivity contribution in [2.75, 3.05) is 0 Å². The quantitative estimate of drug-likeness (QED) is 0.783. The fourth-order valence-corrected chi connectivity index (χ4v) is 2.42. The Morgan fingerprint density at radius 3 is 1.50 bits per heavy atom. The molecule has 0 aliphatic carbocycles. The summed E-state index contributed by atoms with van der Waals surface area (Å²) in [5, 5.41) is 5.35. The average molecular weight is 292 g/mol. The zero-order valence-electron chi connectivity index (χ0n) is 11.1. The molecule has 0 fully saturated rings. The molecule has 2 aromatic heterocycles. The molecule has 22 heavy (non-hydrogen) atoms. The van der Waals surface area contributed by atoms with E-state index in [0.29, 0.717) is 22.8 Å². The van der Waals surface area contributed by atoms with Gasteiger partial charge in [-0.25, -0.2) is 0 Å². The number of aromatic nitrogens is 4. The van der Waals surface area contributed by atoms with E-state index in [0.717, 1.165) is 0 Å². The van der Waals surface area contributed by atoms with Gasteiger partial charge in [0.2, 0.25) is 0 Å². The highest BCUT2D eigenvalue weighted by Gasteiger charge is 2.41. The molecular formula is C14H8N6O2. The highest BCUT2D eigenvalue weighted by Crippen LogP contribution is 2.35. The molecule has 0 unspecified atom stereocenters. The van der Waals surface area contributed by atoms with Crippen LogP contribution in [0.25, 0.3) is 11.4 Å². The first-order valence-electron chi connectivity index (χ1n) is 6.40. The number of rotatable bonds is 2. The first-order valence-corrected chi connectivity index (χ1v) is 6.40. The van der Waals surface area contributed by atoms with Crippen molar-refractivity contribution in [2.45, 2.75) is 0 Å². The predicted molar refractivity (Wildman–Crippen MR) is 74.2 cm³/mol. The van der Waals surface area contributed by atoms with Gasteiger partial charge in [0.25, 0.3) is 11.8 Å². The maximum absolute atomic E-state index is 12.3. The third-order valence-electron chi connectivity index (χ3n) is 3.32. The summed E-state index contributed by atoms with van der Waals surface area (Å²) in [5.74, 6) is -0.760. The second kappa shape index (κ2) is 4.55. The van der Waals surface area contributed by atoms with Crippen LogP contribution in [0, 0.1) is 0 Å². The van der Waals surface area contributed by atoms with Crippen molar-refractivity contribution in [3.05, 3.63) is 59.7 Å². The number of carbonyl (C=O) groups is 2. The summed E-state index contributed by atoms with van der Waals surface area (Å²) in [7, 11) is 0. The van der Waals surface area contributed by atoms with Crippen molar-refractivity contribution < 1.29 is 9.59 Å². The molecule has 4 rings (SSSR count). The largest absolute Gasteiger partial charge is 0.319 e. The molecule has 0 radical (unpaired) electrons. The lowest BCUT2D eigenvalue weighted by Crippen LogP contribution is -2.22. The maximum Gasteiger partial charge on any atom is 0.258 e. The fraction of sp³-hybridized carbons (Fsp3) is 0. The number of amides is 2. The van der Waals surface area contributed by atoms with E-state index in [4.69, 9.17) is 0 Å². The predicted octanol–water partition coefficient (Wildman–Crippen LogP) is -0.351. The molecule has 8 nitrogen and oxygen atoms in total. The number of nitrogens with zero attached hydrogens (tertiary/aromatic N) is 4. The lowest BCUT2D eigenvalue weighted by molar-refractivity contribution is -0.117. The molecular weight excluding hydrogens is 284 g/mol. The number of carbonyl (C=O) groups excluding carboxylic acids is 2. The molecule has 2 aromatic rings. The van der Waals surface area contributed by atoms with Gasteiger partial charge in [0.15, 0.2) is 0 Å². The lowest BCUT2D eigenvalue weighted by Gasteiger charge is -2.05. The number of fused-ring (bicyclic) bond motifs is 1. The van der Waals surface area contributed by atoms with Crippen molar-refractivity contribution >= 4 is 23.2 Å². The summed E-state index contributed by atoms with van der Waals surface area (Å²) in [4.78, 5) is 40.7. The third-order valence-corrected chi connectivity index (χ3v) is 3.32. The van der Waals surface area contributed by atoms with E-state index in [-0.39, 0.29) is 23.0 Å². The summed E-state index contributed by atoms with van der Waals surface area (Å²) in [6.45, 7) is 0. The average Bonchev–Trinajstić information content (AvgIpc) is 3.09. The second-order valence-electron chi connectivity index (χ2n) is 4.59. The number of hydrogen-bond donors (Lipinski definition) is 2. The minimum Gasteiger partial charge on any atom is -0.319 e. The molecule has 2 aliphatic heterocycles. The molecule has 0 saturated heterocycles. The highest BCUT2D eigenvalue weighted by atomic mass is 16.2. The Labute approximate surface area is 124 Å². The fourth-order valence-electron chi connectivity index (χ4n) is 2.42. The molecule has 0 spiro atoms. The van der Waals surface area contributed by atoms with Gasteiger partial charge in [0, 0.05) is 24.8 Å². The van der Waals surface area contributed by atoms with Crippen LogP contribution < -0.4 is 10.6 Å². The number of nitrogens with one attached hydrogen (secondary N) is 2. The summed E-state index contributed by atoms with van der Waals surface area (Å²) < 4.78 is 0. The van der Waals surface area contributed by atoms with Crippen LogP contribution in [0.3, 0.4) is 0 Å². The van der Waals surface area contributed by atoms with E-state index < -0.39 is 0 Å². The molecule has 0 atom stereocenters. The topological polar surface area (TPSA) is 110 Å². The smallest absolute Gasteiger partial charge is 0.258 e. The normalized spacial score (nSPS) is 16.7. The Morgan fingerprint density at radius 2 is 1.14 bits per heavy atom. The molecule has 0 aromatic carbocycles. The van der Waals surface area contributed by atoms with Gasteiger partial charge < -0.3 is 10.6 Å². The van der Waals surface area contributed by atoms with Crippen LogP contribution in [0.1, 0.15) is 11.4 Å². The molecule has 8 heteroatoms. The van der Waals surface area contributed by atoms with Gasteiger partial charge in [0.1, 0.15) is 11.4 Å². The summed E-state index contributed by atoms with van der Waals surface area (Å²) in [6, 6.07) is 0. The van der Waals surface area contributed by atoms with Crippen LogP contribution in [-0.4, -0.2) is 31.8 Å². The Morgan fingerprint density at radius 1 is 0.682 bits per heavy atom. The first kappa shape index (κ1) is 12.3. The molecule has 2 aliphatic rings. The molecule has 2 N–H and O–H groups in total. The van der Waals surface area contributed by atoms with Gasteiger partial charge >= 0.3 is 0 Å². The Bertz CT molecular complexity index is 784. The van der Waals surface area contributed by atoms with Gasteiger partial charge in [-0.3, -0.25) is 29.5 Å². The summed E-state index contributed by atoms with van der Waals surface area (Å²) in [6.07, 6.45) is 8.99. The zero-order valence-corrected chi connectivity index (χ0v) is 11.1. The lowest BCUT2D eigenvalue weighted by atomic mass is 10.1. The standard InChI is InChI=1S/C14H8N6O2/c21-13-9-10(12(20-13)8-6-16-2-4-18-8)14(22)19-11(9)7-5-15-1-3-17-7/h1-6H,(H,19,22)(H,20,21). The minimum atomic E-state index is -0.380. The van der Waals surface area contributed by atoms with Crippen molar-refractivity contribution in [2.24, 2.45) is 0 Å². The SMILES string of the molecule is O=C1NC(c2cnccn2)=C2C(=O)NC(c3cnccn3)=C12. The van der Waals surface area contributed by atoms with Gasteiger partial charge in [0.05, 0.1) is 34.9 Å². The summed E-state index contributed by atoms with van der Waals surface area (Å²) in [5.41, 5.74) is 2.07. The first-order chi connectivity index (χ1) is 10.8. The van der Waals surface area contributed by atoms with Crippen LogP contribution >= 0.6 is 0 Å². The molecule has 0 saturated carbocycles. The highest BCUT2D eigenvalue weighted by molar-refractivity contribution is 6.30. The van der Waals surface area contributed by atoms with Crippen molar-refractivity contribution in [1.29, 1.82) is 0 Å². The second-order valence-corrected chi connectivity index (χ2v) is 4.59. The van der Waals surface area contributed by atoms with Crippen LogP contribution in [0.5, 0.6) is 0 Å². The van der Waals surface area contributed by atoms with E-state index in [1.807, 2.05) is 0 Å². The van der Waals surface area contributed by atoms with Crippen molar-refractivity contribution in [3.63, 3.8) is 0 Å². The Hall–Kier alpha value is -3.42. The maximum atomic E-state index is 12.3. The van der Waals surface area contributed by atoms with Crippen LogP contribution in [-0.2, 0) is 9.59 Å². The molecule has 0 bridgehead atoms. The van der Waals surface area contributed by atoms with E-state index in [2.05, 4.69) is 30.6 Å². The Kier molecular flexibility index (Phi) is 2.55. The number of hydrogen-bond acceptors (Lipinski definition) is 6. The molecule has 4 heterocycles. The minimum absolute atomic E-state index is 0.256. The Balaban J connectivity index is 1.93.